The molecule has 0 atom stereocenters. The zero-order chi connectivity index (χ0) is 13.7. The van der Waals surface area contributed by atoms with E-state index in [4.69, 9.17) is 11.6 Å². The summed E-state index contributed by atoms with van der Waals surface area (Å²) >= 11 is 5.89. The van der Waals surface area contributed by atoms with E-state index >= 15 is 0 Å². The summed E-state index contributed by atoms with van der Waals surface area (Å²) in [7, 11) is 0. The summed E-state index contributed by atoms with van der Waals surface area (Å²) in [4.78, 5) is 0. The maximum Gasteiger partial charge on any atom is 0.128 e. The third-order valence-corrected chi connectivity index (χ3v) is 3.25. The van der Waals surface area contributed by atoms with Gasteiger partial charge in [-0.1, -0.05) is 43.1 Å². The second kappa shape index (κ2) is 6.58. The summed E-state index contributed by atoms with van der Waals surface area (Å²) < 4.78 is 13.6. The van der Waals surface area contributed by atoms with E-state index in [9.17, 15) is 4.39 Å². The maximum atomic E-state index is 13.6. The van der Waals surface area contributed by atoms with Crippen LogP contribution in [0.1, 0.15) is 24.5 Å². The van der Waals surface area contributed by atoms with Gasteiger partial charge in [-0.05, 0) is 36.2 Å². The third kappa shape index (κ3) is 3.71. The van der Waals surface area contributed by atoms with Crippen molar-refractivity contribution in [3.63, 3.8) is 0 Å². The molecule has 0 radical (unpaired) electrons. The Morgan fingerprint density at radius 2 is 1.89 bits per heavy atom. The van der Waals surface area contributed by atoms with E-state index in [0.717, 1.165) is 18.5 Å². The molecule has 0 aliphatic rings. The van der Waals surface area contributed by atoms with Crippen LogP contribution in [-0.4, -0.2) is 0 Å². The fourth-order valence-electron chi connectivity index (χ4n) is 2.05. The van der Waals surface area contributed by atoms with E-state index < -0.39 is 0 Å². The van der Waals surface area contributed by atoms with Crippen molar-refractivity contribution in [1.29, 1.82) is 0 Å². The zero-order valence-corrected chi connectivity index (χ0v) is 11.7. The average molecular weight is 278 g/mol. The Balaban J connectivity index is 2.12. The first-order chi connectivity index (χ1) is 9.20. The van der Waals surface area contributed by atoms with Gasteiger partial charge in [0, 0.05) is 22.8 Å². The van der Waals surface area contributed by atoms with Crippen LogP contribution in [0.3, 0.4) is 0 Å². The minimum absolute atomic E-state index is 0.232. The van der Waals surface area contributed by atoms with Crippen molar-refractivity contribution in [1.82, 2.24) is 0 Å². The van der Waals surface area contributed by atoms with Crippen LogP contribution < -0.4 is 5.32 Å². The molecule has 0 fully saturated rings. The number of hydrogen-bond acceptors (Lipinski definition) is 1. The Kier molecular flexibility index (Phi) is 4.80. The molecule has 3 heteroatoms. The van der Waals surface area contributed by atoms with Gasteiger partial charge in [-0.3, -0.25) is 0 Å². The van der Waals surface area contributed by atoms with Crippen molar-refractivity contribution < 1.29 is 4.39 Å². The van der Waals surface area contributed by atoms with Crippen molar-refractivity contribution in [3.8, 4) is 0 Å². The van der Waals surface area contributed by atoms with Gasteiger partial charge in [0.2, 0.25) is 0 Å². The summed E-state index contributed by atoms with van der Waals surface area (Å²) in [5.74, 6) is -0.232. The van der Waals surface area contributed by atoms with E-state index in [1.165, 1.54) is 11.6 Å². The highest BCUT2D eigenvalue weighted by Gasteiger charge is 2.05. The minimum Gasteiger partial charge on any atom is -0.381 e. The van der Waals surface area contributed by atoms with E-state index in [0.29, 0.717) is 17.1 Å². The van der Waals surface area contributed by atoms with Crippen molar-refractivity contribution in [2.45, 2.75) is 26.3 Å². The molecule has 0 saturated carbocycles. The lowest BCUT2D eigenvalue weighted by Crippen LogP contribution is -2.04. The first kappa shape index (κ1) is 13.9. The van der Waals surface area contributed by atoms with Crippen LogP contribution in [0, 0.1) is 5.82 Å². The molecule has 0 unspecified atom stereocenters. The van der Waals surface area contributed by atoms with Gasteiger partial charge >= 0.3 is 0 Å². The molecule has 2 rings (SSSR count). The Labute approximate surface area is 118 Å². The van der Waals surface area contributed by atoms with E-state index in [-0.39, 0.29) is 5.82 Å². The summed E-state index contributed by atoms with van der Waals surface area (Å²) in [6.07, 6.45) is 2.10. The molecule has 1 N–H and O–H groups in total. The van der Waals surface area contributed by atoms with Gasteiger partial charge in [0.1, 0.15) is 5.82 Å². The van der Waals surface area contributed by atoms with Crippen LogP contribution in [0.5, 0.6) is 0 Å². The second-order valence-corrected chi connectivity index (χ2v) is 4.93. The lowest BCUT2D eigenvalue weighted by Gasteiger charge is -2.12. The molecule has 19 heavy (non-hydrogen) atoms. The van der Waals surface area contributed by atoms with E-state index in [2.05, 4.69) is 18.3 Å². The molecular formula is C16H17ClFN. The Morgan fingerprint density at radius 1 is 1.11 bits per heavy atom. The number of aryl methyl sites for hydroxylation is 1. The van der Waals surface area contributed by atoms with Crippen LogP contribution in [0.25, 0.3) is 0 Å². The van der Waals surface area contributed by atoms with Gasteiger partial charge in [-0.25, -0.2) is 4.39 Å². The molecule has 0 aliphatic carbocycles. The van der Waals surface area contributed by atoms with Gasteiger partial charge in [-0.15, -0.1) is 0 Å². The number of benzene rings is 2. The number of nitrogens with one attached hydrogen (secondary N) is 1. The summed E-state index contributed by atoms with van der Waals surface area (Å²) in [5, 5.41) is 3.84. The zero-order valence-electron chi connectivity index (χ0n) is 10.9. The lowest BCUT2D eigenvalue weighted by molar-refractivity contribution is 0.613. The van der Waals surface area contributed by atoms with Crippen molar-refractivity contribution >= 4 is 17.3 Å². The van der Waals surface area contributed by atoms with Crippen LogP contribution >= 0.6 is 11.6 Å². The van der Waals surface area contributed by atoms with Crippen molar-refractivity contribution in [2.75, 3.05) is 5.32 Å². The molecule has 0 amide bonds. The molecule has 1 nitrogen and oxygen atoms in total. The van der Waals surface area contributed by atoms with Crippen LogP contribution in [0.4, 0.5) is 10.1 Å². The summed E-state index contributed by atoms with van der Waals surface area (Å²) in [6.45, 7) is 2.58. The highest BCUT2D eigenvalue weighted by atomic mass is 35.5. The third-order valence-electron chi connectivity index (χ3n) is 3.01. The first-order valence-electron chi connectivity index (χ1n) is 6.46. The Bertz CT molecular complexity index is 554. The van der Waals surface area contributed by atoms with Crippen molar-refractivity contribution in [2.24, 2.45) is 0 Å². The number of halogens is 2. The number of hydrogen-bond donors (Lipinski definition) is 1. The summed E-state index contributed by atoms with van der Waals surface area (Å²) in [5.41, 5.74) is 2.90. The Hall–Kier alpha value is -1.54. The van der Waals surface area contributed by atoms with Gasteiger partial charge in [0.05, 0.1) is 0 Å². The fourth-order valence-corrected chi connectivity index (χ4v) is 2.24. The van der Waals surface area contributed by atoms with Crippen LogP contribution in [0.15, 0.2) is 42.5 Å². The molecule has 0 heterocycles. The minimum atomic E-state index is -0.232. The molecule has 0 spiro atoms. The standard InChI is InChI=1S/C16H17ClFN/c1-2-5-12-6-3-4-7-16(12)19-11-13-10-14(17)8-9-15(13)18/h3-4,6-10,19H,2,5,11H2,1H3. The predicted molar refractivity (Wildman–Crippen MR) is 79.2 cm³/mol. The number of rotatable bonds is 5. The smallest absolute Gasteiger partial charge is 0.128 e. The fraction of sp³-hybridized carbons (Fsp3) is 0.250. The number of anilines is 1. The van der Waals surface area contributed by atoms with E-state index in [1.54, 1.807) is 12.1 Å². The molecule has 0 aromatic heterocycles. The molecule has 2 aromatic carbocycles. The van der Waals surface area contributed by atoms with Gasteiger partial charge in [0.25, 0.3) is 0 Å². The molecular weight excluding hydrogens is 261 g/mol. The normalized spacial score (nSPS) is 10.5. The highest BCUT2D eigenvalue weighted by molar-refractivity contribution is 6.30. The highest BCUT2D eigenvalue weighted by Crippen LogP contribution is 2.20. The van der Waals surface area contributed by atoms with Crippen LogP contribution in [0.2, 0.25) is 5.02 Å². The van der Waals surface area contributed by atoms with Gasteiger partial charge < -0.3 is 5.32 Å². The first-order valence-corrected chi connectivity index (χ1v) is 6.84. The SMILES string of the molecule is CCCc1ccccc1NCc1cc(Cl)ccc1F. The number of para-hydroxylation sites is 1. The molecule has 100 valence electrons. The Morgan fingerprint density at radius 3 is 2.68 bits per heavy atom. The topological polar surface area (TPSA) is 12.0 Å². The quantitative estimate of drug-likeness (QED) is 0.807. The van der Waals surface area contributed by atoms with Crippen molar-refractivity contribution in [3.05, 3.63) is 64.4 Å². The lowest BCUT2D eigenvalue weighted by atomic mass is 10.1. The molecule has 0 bridgehead atoms. The second-order valence-electron chi connectivity index (χ2n) is 4.50. The van der Waals surface area contributed by atoms with Gasteiger partial charge in [0.15, 0.2) is 0 Å². The van der Waals surface area contributed by atoms with E-state index in [1.807, 2.05) is 18.2 Å². The van der Waals surface area contributed by atoms with Crippen LogP contribution in [-0.2, 0) is 13.0 Å². The molecule has 0 saturated heterocycles. The maximum absolute atomic E-state index is 13.6. The molecule has 2 aromatic rings. The monoisotopic (exact) mass is 277 g/mol. The molecule has 0 aliphatic heterocycles. The van der Waals surface area contributed by atoms with Gasteiger partial charge in [-0.2, -0.15) is 0 Å². The predicted octanol–water partition coefficient (Wildman–Crippen LogP) is 5.04. The largest absolute Gasteiger partial charge is 0.381 e. The summed E-state index contributed by atoms with van der Waals surface area (Å²) in [6, 6.07) is 12.7. The average Bonchev–Trinajstić information content (AvgIpc) is 2.42.